The third-order valence-electron chi connectivity index (χ3n) is 4.40. The highest BCUT2D eigenvalue weighted by atomic mass is 79.9. The van der Waals surface area contributed by atoms with Crippen LogP contribution in [0.3, 0.4) is 0 Å². The second kappa shape index (κ2) is 11.4. The molecule has 7 heteroatoms. The highest BCUT2D eigenvalue weighted by Crippen LogP contribution is 2.37. The fourth-order valence-electron chi connectivity index (χ4n) is 2.90. The highest BCUT2D eigenvalue weighted by molar-refractivity contribution is 9.10. The van der Waals surface area contributed by atoms with Gasteiger partial charge >= 0.3 is 0 Å². The molecular formula is C24H24BrFN2O3. The maximum Gasteiger partial charge on any atom is 0.175 e. The normalized spacial score (nSPS) is 10.8. The Morgan fingerprint density at radius 1 is 1.03 bits per heavy atom. The third-order valence-corrected chi connectivity index (χ3v) is 4.98. The maximum absolute atomic E-state index is 13.1. The molecule has 0 saturated carbocycles. The van der Waals surface area contributed by atoms with E-state index in [-0.39, 0.29) is 5.82 Å². The van der Waals surface area contributed by atoms with Gasteiger partial charge in [-0.15, -0.1) is 0 Å². The minimum atomic E-state index is -0.275. The maximum atomic E-state index is 13.1. The van der Waals surface area contributed by atoms with Gasteiger partial charge < -0.3 is 19.6 Å². The fraction of sp³-hybridized carbons (Fsp3) is 0.208. The van der Waals surface area contributed by atoms with Gasteiger partial charge in [0.2, 0.25) is 0 Å². The summed E-state index contributed by atoms with van der Waals surface area (Å²) in [4.78, 5) is 0. The van der Waals surface area contributed by atoms with Gasteiger partial charge in [0.1, 0.15) is 18.2 Å². The van der Waals surface area contributed by atoms with E-state index in [1.807, 2.05) is 43.3 Å². The summed E-state index contributed by atoms with van der Waals surface area (Å²) in [6.45, 7) is 3.24. The SMILES string of the molecule is CCOc1cc(/C=N\NCc2ccccc2OC)cc(Br)c1OCc1ccc(F)cc1. The Morgan fingerprint density at radius 3 is 2.55 bits per heavy atom. The van der Waals surface area contributed by atoms with Crippen LogP contribution in [0.1, 0.15) is 23.6 Å². The van der Waals surface area contributed by atoms with Crippen LogP contribution < -0.4 is 19.6 Å². The molecule has 0 aliphatic carbocycles. The number of hydrogen-bond acceptors (Lipinski definition) is 5. The zero-order valence-corrected chi connectivity index (χ0v) is 19.0. The average molecular weight is 487 g/mol. The van der Waals surface area contributed by atoms with Gasteiger partial charge in [0.25, 0.3) is 0 Å². The summed E-state index contributed by atoms with van der Waals surface area (Å²) < 4.78 is 30.9. The summed E-state index contributed by atoms with van der Waals surface area (Å²) in [5, 5.41) is 4.30. The number of ether oxygens (including phenoxy) is 3. The molecule has 0 aliphatic heterocycles. The van der Waals surface area contributed by atoms with Crippen LogP contribution in [0, 0.1) is 5.82 Å². The molecule has 3 aromatic rings. The van der Waals surface area contributed by atoms with Crippen LogP contribution in [0.25, 0.3) is 0 Å². The quantitative estimate of drug-likeness (QED) is 0.295. The molecule has 0 fully saturated rings. The Bertz CT molecular complexity index is 1030. The van der Waals surface area contributed by atoms with Crippen LogP contribution in [-0.2, 0) is 13.2 Å². The molecule has 0 aliphatic rings. The van der Waals surface area contributed by atoms with Crippen LogP contribution in [0.4, 0.5) is 4.39 Å². The van der Waals surface area contributed by atoms with Crippen molar-refractivity contribution in [2.75, 3.05) is 13.7 Å². The Hall–Kier alpha value is -3.06. The molecule has 0 unspecified atom stereocenters. The molecule has 31 heavy (non-hydrogen) atoms. The van der Waals surface area contributed by atoms with E-state index in [1.165, 1.54) is 12.1 Å². The van der Waals surface area contributed by atoms with E-state index < -0.39 is 0 Å². The zero-order chi connectivity index (χ0) is 22.1. The largest absolute Gasteiger partial charge is 0.496 e. The van der Waals surface area contributed by atoms with Gasteiger partial charge in [0, 0.05) is 5.56 Å². The molecule has 162 valence electrons. The molecule has 0 saturated heterocycles. The van der Waals surface area contributed by atoms with Gasteiger partial charge in [-0.2, -0.15) is 5.10 Å². The average Bonchev–Trinajstić information content (AvgIpc) is 2.78. The lowest BCUT2D eigenvalue weighted by molar-refractivity contribution is 0.267. The first kappa shape index (κ1) is 22.6. The molecule has 5 nitrogen and oxygen atoms in total. The predicted molar refractivity (Wildman–Crippen MR) is 123 cm³/mol. The lowest BCUT2D eigenvalue weighted by Crippen LogP contribution is -2.07. The summed E-state index contributed by atoms with van der Waals surface area (Å²) in [7, 11) is 1.65. The molecule has 0 aromatic heterocycles. The van der Waals surface area contributed by atoms with Crippen molar-refractivity contribution in [3.8, 4) is 17.2 Å². The van der Waals surface area contributed by atoms with Crippen LogP contribution >= 0.6 is 15.9 Å². The number of hydrazone groups is 1. The second-order valence-electron chi connectivity index (χ2n) is 6.58. The topological polar surface area (TPSA) is 52.1 Å². The van der Waals surface area contributed by atoms with Crippen LogP contribution in [-0.4, -0.2) is 19.9 Å². The number of nitrogens with one attached hydrogen (secondary N) is 1. The van der Waals surface area contributed by atoms with E-state index in [2.05, 4.69) is 26.5 Å². The summed E-state index contributed by atoms with van der Waals surface area (Å²) >= 11 is 3.55. The molecule has 0 radical (unpaired) electrons. The fourth-order valence-corrected chi connectivity index (χ4v) is 3.48. The van der Waals surface area contributed by atoms with E-state index in [1.54, 1.807) is 25.5 Å². The first-order valence-corrected chi connectivity index (χ1v) is 10.6. The smallest absolute Gasteiger partial charge is 0.175 e. The zero-order valence-electron chi connectivity index (χ0n) is 17.4. The van der Waals surface area contributed by atoms with Gasteiger partial charge in [0.05, 0.1) is 30.9 Å². The molecule has 0 bridgehead atoms. The molecule has 3 aromatic carbocycles. The minimum absolute atomic E-state index is 0.275. The Labute approximate surface area is 190 Å². The van der Waals surface area contributed by atoms with E-state index in [4.69, 9.17) is 14.2 Å². The Morgan fingerprint density at radius 2 is 1.81 bits per heavy atom. The van der Waals surface area contributed by atoms with Crippen molar-refractivity contribution in [2.45, 2.75) is 20.1 Å². The van der Waals surface area contributed by atoms with Crippen molar-refractivity contribution in [1.82, 2.24) is 5.43 Å². The van der Waals surface area contributed by atoms with Gasteiger partial charge in [-0.25, -0.2) is 4.39 Å². The first-order valence-electron chi connectivity index (χ1n) is 9.82. The molecule has 0 spiro atoms. The highest BCUT2D eigenvalue weighted by Gasteiger charge is 2.12. The molecule has 0 amide bonds. The van der Waals surface area contributed by atoms with Crippen molar-refractivity contribution >= 4 is 22.1 Å². The summed E-state index contributed by atoms with van der Waals surface area (Å²) in [5.41, 5.74) is 5.76. The second-order valence-corrected chi connectivity index (χ2v) is 7.44. The standard InChI is InChI=1S/C24H24BrFN2O3/c1-3-30-23-13-18(14-27-28-15-19-6-4-5-7-22(19)29-2)12-21(25)24(23)31-16-17-8-10-20(26)11-9-17/h4-14,28H,3,15-16H2,1-2H3/b27-14-. The number of halogens is 2. The van der Waals surface area contributed by atoms with Gasteiger partial charge in [-0.3, -0.25) is 0 Å². The van der Waals surface area contributed by atoms with Crippen LogP contribution in [0.2, 0.25) is 0 Å². The summed E-state index contributed by atoms with van der Waals surface area (Å²) in [6.07, 6.45) is 1.71. The molecule has 1 N–H and O–H groups in total. The third kappa shape index (κ3) is 6.46. The lowest BCUT2D eigenvalue weighted by atomic mass is 10.2. The molecule has 3 rings (SSSR count). The predicted octanol–water partition coefficient (Wildman–Crippen LogP) is 5.70. The number of benzene rings is 3. The first-order chi connectivity index (χ1) is 15.1. The molecular weight excluding hydrogens is 463 g/mol. The Kier molecular flexibility index (Phi) is 8.29. The van der Waals surface area contributed by atoms with Gasteiger partial charge in [-0.05, 0) is 64.3 Å². The van der Waals surface area contributed by atoms with E-state index >= 15 is 0 Å². The number of rotatable bonds is 10. The number of para-hydroxylation sites is 1. The van der Waals surface area contributed by atoms with Crippen molar-refractivity contribution in [3.05, 3.63) is 87.6 Å². The minimum Gasteiger partial charge on any atom is -0.496 e. The number of hydrogen-bond donors (Lipinski definition) is 1. The number of methoxy groups -OCH3 is 1. The van der Waals surface area contributed by atoms with Crippen molar-refractivity contribution in [2.24, 2.45) is 5.10 Å². The van der Waals surface area contributed by atoms with Gasteiger partial charge in [0.15, 0.2) is 11.5 Å². The molecule has 0 heterocycles. The van der Waals surface area contributed by atoms with Gasteiger partial charge in [-0.1, -0.05) is 30.3 Å². The van der Waals surface area contributed by atoms with E-state index in [0.29, 0.717) is 31.3 Å². The monoisotopic (exact) mass is 486 g/mol. The van der Waals surface area contributed by atoms with Crippen molar-refractivity contribution < 1.29 is 18.6 Å². The van der Waals surface area contributed by atoms with Crippen molar-refractivity contribution in [3.63, 3.8) is 0 Å². The molecule has 0 atom stereocenters. The van der Waals surface area contributed by atoms with E-state index in [9.17, 15) is 4.39 Å². The lowest BCUT2D eigenvalue weighted by Gasteiger charge is -2.14. The van der Waals surface area contributed by atoms with Crippen LogP contribution in [0.5, 0.6) is 17.2 Å². The summed E-state index contributed by atoms with van der Waals surface area (Å²) in [5.74, 6) is 1.73. The Balaban J connectivity index is 1.68. The van der Waals surface area contributed by atoms with Crippen LogP contribution in [0.15, 0.2) is 70.2 Å². The number of nitrogens with zero attached hydrogens (tertiary/aromatic N) is 1. The van der Waals surface area contributed by atoms with Crippen molar-refractivity contribution in [1.29, 1.82) is 0 Å². The van der Waals surface area contributed by atoms with E-state index in [0.717, 1.165) is 26.9 Å². The summed E-state index contributed by atoms with van der Waals surface area (Å²) in [6, 6.07) is 17.8.